The zero-order valence-electron chi connectivity index (χ0n) is 19.4. The third-order valence-electron chi connectivity index (χ3n) is 5.18. The Bertz CT molecular complexity index is 1430. The van der Waals surface area contributed by atoms with Crippen LogP contribution in [-0.4, -0.2) is 27.1 Å². The molecule has 1 aromatic heterocycles. The van der Waals surface area contributed by atoms with E-state index in [2.05, 4.69) is 36.5 Å². The first-order chi connectivity index (χ1) is 17.8. The quantitative estimate of drug-likeness (QED) is 0.211. The molecule has 0 saturated heterocycles. The van der Waals surface area contributed by atoms with E-state index < -0.39 is 0 Å². The van der Waals surface area contributed by atoms with E-state index in [1.807, 2.05) is 12.1 Å². The topological polar surface area (TPSA) is 145 Å². The van der Waals surface area contributed by atoms with Crippen LogP contribution < -0.4 is 26.8 Å². The van der Waals surface area contributed by atoms with Gasteiger partial charge >= 0.3 is 0 Å². The number of alkyl halides is 1. The van der Waals surface area contributed by atoms with Crippen molar-refractivity contribution in [2.75, 3.05) is 27.4 Å². The van der Waals surface area contributed by atoms with Crippen LogP contribution in [0.25, 0.3) is 11.1 Å². The summed E-state index contributed by atoms with van der Waals surface area (Å²) < 4.78 is 5.96. The number of halogens is 2. The molecule has 0 bridgehead atoms. The molecule has 1 heterocycles. The zero-order chi connectivity index (χ0) is 26.4. The van der Waals surface area contributed by atoms with Gasteiger partial charge in [0.1, 0.15) is 18.2 Å². The number of anilines is 4. The van der Waals surface area contributed by atoms with Gasteiger partial charge in [-0.15, -0.1) is 0 Å². The molecule has 4 rings (SSSR count). The maximum Gasteiger partial charge on any atom is 0.255 e. The van der Waals surface area contributed by atoms with Crippen LogP contribution >= 0.6 is 27.5 Å². The van der Waals surface area contributed by atoms with Crippen LogP contribution in [0.1, 0.15) is 16.1 Å². The average Bonchev–Trinajstić information content (AvgIpc) is 2.88. The second-order valence-corrected chi connectivity index (χ2v) is 8.82. The van der Waals surface area contributed by atoms with E-state index in [1.165, 1.54) is 0 Å². The number of hydrogen-bond acceptors (Lipinski definition) is 7. The Hall–Kier alpha value is -4.15. The summed E-state index contributed by atoms with van der Waals surface area (Å²) in [5, 5.41) is 6.32. The van der Waals surface area contributed by atoms with Gasteiger partial charge in [-0.25, -0.2) is 4.98 Å². The SMILES string of the molecule is Nc1nc(N)c(-c2ccc(Cl)cc2)c(COc2cccc(NC(=O)c3ccc(NC(=O)CBr)cc3)c2)n1. The summed E-state index contributed by atoms with van der Waals surface area (Å²) in [5.74, 6) is 0.279. The molecular formula is C26H22BrClN6O3. The molecule has 0 aliphatic rings. The molecular weight excluding hydrogens is 560 g/mol. The highest BCUT2D eigenvalue weighted by atomic mass is 79.9. The highest BCUT2D eigenvalue weighted by Crippen LogP contribution is 2.30. The van der Waals surface area contributed by atoms with Crippen LogP contribution in [0.3, 0.4) is 0 Å². The molecule has 188 valence electrons. The Morgan fingerprint density at radius 2 is 1.65 bits per heavy atom. The van der Waals surface area contributed by atoms with E-state index in [0.29, 0.717) is 39.0 Å². The van der Waals surface area contributed by atoms with Crippen LogP contribution in [0.5, 0.6) is 5.75 Å². The highest BCUT2D eigenvalue weighted by molar-refractivity contribution is 9.09. The van der Waals surface area contributed by atoms with Crippen molar-refractivity contribution in [2.24, 2.45) is 0 Å². The molecule has 11 heteroatoms. The maximum absolute atomic E-state index is 12.7. The summed E-state index contributed by atoms with van der Waals surface area (Å²) in [6.45, 7) is 0.0634. The Balaban J connectivity index is 1.46. The number of nitrogens with zero attached hydrogens (tertiary/aromatic N) is 2. The smallest absolute Gasteiger partial charge is 0.255 e. The van der Waals surface area contributed by atoms with E-state index >= 15 is 0 Å². The van der Waals surface area contributed by atoms with E-state index in [-0.39, 0.29) is 35.5 Å². The number of amides is 2. The van der Waals surface area contributed by atoms with Gasteiger partial charge in [-0.2, -0.15) is 4.98 Å². The van der Waals surface area contributed by atoms with Crippen LogP contribution in [0.2, 0.25) is 5.02 Å². The molecule has 0 atom stereocenters. The lowest BCUT2D eigenvalue weighted by atomic mass is 10.0. The van der Waals surface area contributed by atoms with Crippen LogP contribution in [-0.2, 0) is 11.4 Å². The molecule has 0 spiro atoms. The van der Waals surface area contributed by atoms with Gasteiger partial charge in [0, 0.05) is 33.6 Å². The van der Waals surface area contributed by atoms with Crippen molar-refractivity contribution in [1.29, 1.82) is 0 Å². The fourth-order valence-corrected chi connectivity index (χ4v) is 3.77. The summed E-state index contributed by atoms with van der Waals surface area (Å²) in [7, 11) is 0. The maximum atomic E-state index is 12.7. The fourth-order valence-electron chi connectivity index (χ4n) is 3.50. The third-order valence-corrected chi connectivity index (χ3v) is 5.94. The monoisotopic (exact) mass is 580 g/mol. The minimum Gasteiger partial charge on any atom is -0.487 e. The first-order valence-electron chi connectivity index (χ1n) is 11.0. The van der Waals surface area contributed by atoms with Crippen molar-refractivity contribution < 1.29 is 14.3 Å². The second kappa shape index (κ2) is 11.7. The molecule has 0 unspecified atom stereocenters. The Labute approximate surface area is 226 Å². The number of ether oxygens (including phenoxy) is 1. The Morgan fingerprint density at radius 3 is 2.35 bits per heavy atom. The van der Waals surface area contributed by atoms with Crippen LogP contribution in [0, 0.1) is 0 Å². The summed E-state index contributed by atoms with van der Waals surface area (Å²) in [4.78, 5) is 32.6. The fraction of sp³-hybridized carbons (Fsp3) is 0.0769. The molecule has 37 heavy (non-hydrogen) atoms. The van der Waals surface area contributed by atoms with Gasteiger partial charge in [0.15, 0.2) is 0 Å². The summed E-state index contributed by atoms with van der Waals surface area (Å²) in [5.41, 5.74) is 15.4. The number of nitrogen functional groups attached to an aromatic ring is 2. The molecule has 0 radical (unpaired) electrons. The lowest BCUT2D eigenvalue weighted by Crippen LogP contribution is -2.14. The molecule has 0 aliphatic carbocycles. The number of nitrogens with two attached hydrogens (primary N) is 2. The summed E-state index contributed by atoms with van der Waals surface area (Å²) in [6, 6.07) is 20.6. The standard InChI is InChI=1S/C26H22BrClN6O3/c27-13-22(35)31-18-10-6-16(7-11-18)25(36)32-19-2-1-3-20(12-19)37-14-21-23(24(29)34-26(30)33-21)15-4-8-17(28)9-5-15/h1-12H,13-14H2,(H,31,35)(H,32,36)(H4,29,30,33,34). The van der Waals surface area contributed by atoms with Crippen molar-refractivity contribution in [1.82, 2.24) is 9.97 Å². The van der Waals surface area contributed by atoms with E-state index in [4.69, 9.17) is 27.8 Å². The van der Waals surface area contributed by atoms with Gasteiger partial charge in [0.25, 0.3) is 5.91 Å². The molecule has 0 fully saturated rings. The molecule has 0 saturated carbocycles. The van der Waals surface area contributed by atoms with Crippen LogP contribution in [0.4, 0.5) is 23.1 Å². The van der Waals surface area contributed by atoms with Crippen molar-refractivity contribution >= 4 is 62.5 Å². The Kier molecular flexibility index (Phi) is 8.22. The number of rotatable bonds is 8. The number of carbonyl (C=O) groups excluding carboxylic acids is 2. The number of hydrogen-bond donors (Lipinski definition) is 4. The minimum atomic E-state index is -0.308. The third kappa shape index (κ3) is 6.75. The van der Waals surface area contributed by atoms with Crippen molar-refractivity contribution in [3.05, 3.63) is 89.1 Å². The Morgan fingerprint density at radius 1 is 0.919 bits per heavy atom. The van der Waals surface area contributed by atoms with Gasteiger partial charge in [0.2, 0.25) is 11.9 Å². The zero-order valence-corrected chi connectivity index (χ0v) is 21.7. The van der Waals surface area contributed by atoms with Gasteiger partial charge in [-0.05, 0) is 54.1 Å². The molecule has 2 amide bonds. The molecule has 3 aromatic carbocycles. The summed E-state index contributed by atoms with van der Waals surface area (Å²) >= 11 is 9.10. The minimum absolute atomic E-state index is 0.0348. The predicted molar refractivity (Wildman–Crippen MR) is 149 cm³/mol. The van der Waals surface area contributed by atoms with Gasteiger partial charge in [0.05, 0.1) is 11.0 Å². The first-order valence-corrected chi connectivity index (χ1v) is 12.5. The van der Waals surface area contributed by atoms with Crippen molar-refractivity contribution in [2.45, 2.75) is 6.61 Å². The molecule has 6 N–H and O–H groups in total. The van der Waals surface area contributed by atoms with Crippen LogP contribution in [0.15, 0.2) is 72.8 Å². The number of carbonyl (C=O) groups is 2. The lowest BCUT2D eigenvalue weighted by Gasteiger charge is -2.14. The average molecular weight is 582 g/mol. The normalized spacial score (nSPS) is 10.5. The van der Waals surface area contributed by atoms with Crippen molar-refractivity contribution in [3.63, 3.8) is 0 Å². The van der Waals surface area contributed by atoms with E-state index in [9.17, 15) is 9.59 Å². The van der Waals surface area contributed by atoms with Gasteiger partial charge in [-0.3, -0.25) is 9.59 Å². The van der Waals surface area contributed by atoms with Crippen molar-refractivity contribution in [3.8, 4) is 16.9 Å². The predicted octanol–water partition coefficient (Wildman–Crippen LogP) is 5.13. The molecule has 9 nitrogen and oxygen atoms in total. The largest absolute Gasteiger partial charge is 0.487 e. The van der Waals surface area contributed by atoms with E-state index in [1.54, 1.807) is 60.7 Å². The van der Waals surface area contributed by atoms with Gasteiger partial charge < -0.3 is 26.8 Å². The first kappa shape index (κ1) is 25.9. The number of aromatic nitrogens is 2. The lowest BCUT2D eigenvalue weighted by molar-refractivity contribution is -0.113. The highest BCUT2D eigenvalue weighted by Gasteiger charge is 2.15. The summed E-state index contributed by atoms with van der Waals surface area (Å²) in [6.07, 6.45) is 0. The number of nitrogens with one attached hydrogen (secondary N) is 2. The van der Waals surface area contributed by atoms with Gasteiger partial charge in [-0.1, -0.05) is 45.7 Å². The molecule has 0 aliphatic heterocycles. The molecule has 4 aromatic rings. The van der Waals surface area contributed by atoms with E-state index in [0.717, 1.165) is 5.56 Å². The number of benzene rings is 3. The second-order valence-electron chi connectivity index (χ2n) is 7.83.